The van der Waals surface area contributed by atoms with E-state index in [0.29, 0.717) is 0 Å². The number of rotatable bonds is 6. The second kappa shape index (κ2) is 7.76. The third-order valence-corrected chi connectivity index (χ3v) is 4.47. The number of hydrogen-bond donors (Lipinski definition) is 1. The molecule has 1 aliphatic rings. The Hall–Kier alpha value is 0.270. The zero-order valence-corrected chi connectivity index (χ0v) is 13.8. The van der Waals surface area contributed by atoms with Crippen molar-refractivity contribution in [3.8, 4) is 0 Å². The second-order valence-electron chi connectivity index (χ2n) is 6.86. The van der Waals surface area contributed by atoms with Crippen LogP contribution >= 0.6 is 11.8 Å². The molecule has 1 aliphatic heterocycles. The van der Waals surface area contributed by atoms with Crippen molar-refractivity contribution in [2.24, 2.45) is 5.92 Å². The van der Waals surface area contributed by atoms with Crippen LogP contribution in [0.2, 0.25) is 0 Å². The highest BCUT2D eigenvalue weighted by Gasteiger charge is 2.21. The van der Waals surface area contributed by atoms with Gasteiger partial charge in [-0.1, -0.05) is 13.8 Å². The van der Waals surface area contributed by atoms with Gasteiger partial charge >= 0.3 is 0 Å². The van der Waals surface area contributed by atoms with Gasteiger partial charge in [-0.25, -0.2) is 0 Å². The molecule has 0 spiro atoms. The maximum absolute atomic E-state index is 3.65. The number of nitrogens with one attached hydrogen (secondary N) is 1. The fourth-order valence-corrected chi connectivity index (χ4v) is 3.22. The lowest BCUT2D eigenvalue weighted by Gasteiger charge is -2.34. The molecule has 0 aromatic heterocycles. The molecule has 1 fully saturated rings. The Balaban J connectivity index is 2.19. The summed E-state index contributed by atoms with van der Waals surface area (Å²) >= 11 is 2.09. The zero-order valence-electron chi connectivity index (χ0n) is 13.0. The van der Waals surface area contributed by atoms with E-state index >= 15 is 0 Å². The summed E-state index contributed by atoms with van der Waals surface area (Å²) in [4.78, 5) is 2.66. The van der Waals surface area contributed by atoms with Crippen LogP contribution in [0.25, 0.3) is 0 Å². The van der Waals surface area contributed by atoms with E-state index in [4.69, 9.17) is 0 Å². The summed E-state index contributed by atoms with van der Waals surface area (Å²) < 4.78 is 0. The van der Waals surface area contributed by atoms with Gasteiger partial charge in [0.25, 0.3) is 0 Å². The number of nitrogens with zero attached hydrogens (tertiary/aromatic N) is 1. The van der Waals surface area contributed by atoms with Crippen LogP contribution in [-0.2, 0) is 0 Å². The minimum atomic E-state index is 0.260. The van der Waals surface area contributed by atoms with Gasteiger partial charge in [0.15, 0.2) is 0 Å². The Morgan fingerprint density at radius 1 is 1.33 bits per heavy atom. The molecule has 1 unspecified atom stereocenters. The zero-order chi connectivity index (χ0) is 13.6. The summed E-state index contributed by atoms with van der Waals surface area (Å²) in [7, 11) is 0. The van der Waals surface area contributed by atoms with Crippen LogP contribution in [-0.4, -0.2) is 47.6 Å². The van der Waals surface area contributed by atoms with Gasteiger partial charge in [0.1, 0.15) is 0 Å². The standard InChI is InChI=1S/C15H32N2S/c1-13(2)18-10-9-17-8-6-7-14(12-17)11-16-15(3,4)5/h13-14,16H,6-12H2,1-5H3. The first-order chi connectivity index (χ1) is 8.37. The highest BCUT2D eigenvalue weighted by molar-refractivity contribution is 7.99. The fourth-order valence-electron chi connectivity index (χ4n) is 2.39. The molecule has 0 aliphatic carbocycles. The molecule has 0 amide bonds. The monoisotopic (exact) mass is 272 g/mol. The van der Waals surface area contributed by atoms with E-state index in [-0.39, 0.29) is 5.54 Å². The van der Waals surface area contributed by atoms with Gasteiger partial charge in [-0.05, 0) is 57.9 Å². The lowest BCUT2D eigenvalue weighted by molar-refractivity contribution is 0.175. The van der Waals surface area contributed by atoms with Crippen LogP contribution in [0.5, 0.6) is 0 Å². The Morgan fingerprint density at radius 2 is 2.06 bits per heavy atom. The topological polar surface area (TPSA) is 15.3 Å². The summed E-state index contributed by atoms with van der Waals surface area (Å²) in [5.41, 5.74) is 0.260. The van der Waals surface area contributed by atoms with E-state index in [1.54, 1.807) is 0 Å². The van der Waals surface area contributed by atoms with Crippen molar-refractivity contribution in [1.29, 1.82) is 0 Å². The van der Waals surface area contributed by atoms with Gasteiger partial charge in [-0.15, -0.1) is 0 Å². The smallest absolute Gasteiger partial charge is 0.00966 e. The SMILES string of the molecule is CC(C)SCCN1CCCC(CNC(C)(C)C)C1. The Morgan fingerprint density at radius 3 is 2.67 bits per heavy atom. The average molecular weight is 273 g/mol. The van der Waals surface area contributed by atoms with Gasteiger partial charge in [-0.2, -0.15) is 11.8 Å². The lowest BCUT2D eigenvalue weighted by Crippen LogP contribution is -2.45. The van der Waals surface area contributed by atoms with Crippen LogP contribution < -0.4 is 5.32 Å². The Bertz CT molecular complexity index is 223. The molecule has 18 heavy (non-hydrogen) atoms. The quantitative estimate of drug-likeness (QED) is 0.799. The maximum Gasteiger partial charge on any atom is 0.00966 e. The molecule has 0 aromatic rings. The van der Waals surface area contributed by atoms with Crippen LogP contribution in [0.4, 0.5) is 0 Å². The summed E-state index contributed by atoms with van der Waals surface area (Å²) in [5.74, 6) is 2.14. The predicted molar refractivity (Wildman–Crippen MR) is 84.5 cm³/mol. The van der Waals surface area contributed by atoms with E-state index in [2.05, 4.69) is 56.6 Å². The summed E-state index contributed by atoms with van der Waals surface area (Å²) in [6.45, 7) is 16.4. The minimum Gasteiger partial charge on any atom is -0.312 e. The van der Waals surface area contributed by atoms with Gasteiger partial charge < -0.3 is 10.2 Å². The summed E-state index contributed by atoms with van der Waals surface area (Å²) in [6.07, 6.45) is 2.78. The minimum absolute atomic E-state index is 0.260. The van der Waals surface area contributed by atoms with Crippen molar-refractivity contribution < 1.29 is 0 Å². The molecule has 0 radical (unpaired) electrons. The second-order valence-corrected chi connectivity index (χ2v) is 8.54. The highest BCUT2D eigenvalue weighted by Crippen LogP contribution is 2.18. The molecule has 0 saturated carbocycles. The number of hydrogen-bond acceptors (Lipinski definition) is 3. The molecular formula is C15H32N2S. The molecule has 3 heteroatoms. The number of thioether (sulfide) groups is 1. The van der Waals surface area contributed by atoms with E-state index in [1.165, 1.54) is 44.8 Å². The van der Waals surface area contributed by atoms with Crippen molar-refractivity contribution in [1.82, 2.24) is 10.2 Å². The molecule has 108 valence electrons. The normalized spacial score (nSPS) is 22.7. The van der Waals surface area contributed by atoms with Gasteiger partial charge in [0, 0.05) is 24.4 Å². The largest absolute Gasteiger partial charge is 0.312 e. The van der Waals surface area contributed by atoms with E-state index in [0.717, 1.165) is 11.2 Å². The maximum atomic E-state index is 3.65. The molecule has 0 aromatic carbocycles. The van der Waals surface area contributed by atoms with Crippen LogP contribution in [0.1, 0.15) is 47.5 Å². The molecule has 1 rings (SSSR count). The number of likely N-dealkylation sites (tertiary alicyclic amines) is 1. The van der Waals surface area contributed by atoms with Crippen molar-refractivity contribution in [3.05, 3.63) is 0 Å². The van der Waals surface area contributed by atoms with E-state index in [1.807, 2.05) is 0 Å². The van der Waals surface area contributed by atoms with Crippen molar-refractivity contribution in [2.75, 3.05) is 31.9 Å². The highest BCUT2D eigenvalue weighted by atomic mass is 32.2. The van der Waals surface area contributed by atoms with E-state index < -0.39 is 0 Å². The first kappa shape index (κ1) is 16.3. The number of piperidine rings is 1. The van der Waals surface area contributed by atoms with Crippen molar-refractivity contribution >= 4 is 11.8 Å². The Kier molecular flexibility index (Phi) is 7.04. The fraction of sp³-hybridized carbons (Fsp3) is 1.00. The molecule has 2 nitrogen and oxygen atoms in total. The van der Waals surface area contributed by atoms with Crippen molar-refractivity contribution in [3.63, 3.8) is 0 Å². The lowest BCUT2D eigenvalue weighted by atomic mass is 9.96. The van der Waals surface area contributed by atoms with Crippen LogP contribution in [0, 0.1) is 5.92 Å². The van der Waals surface area contributed by atoms with Crippen LogP contribution in [0.3, 0.4) is 0 Å². The van der Waals surface area contributed by atoms with Gasteiger partial charge in [-0.3, -0.25) is 0 Å². The van der Waals surface area contributed by atoms with Gasteiger partial charge in [0.05, 0.1) is 0 Å². The third-order valence-electron chi connectivity index (χ3n) is 3.38. The first-order valence-electron chi connectivity index (χ1n) is 7.46. The Labute approximate surface area is 118 Å². The predicted octanol–water partition coefficient (Wildman–Crippen LogP) is 3.23. The van der Waals surface area contributed by atoms with Crippen LogP contribution in [0.15, 0.2) is 0 Å². The summed E-state index contributed by atoms with van der Waals surface area (Å²) in [5, 5.41) is 4.43. The van der Waals surface area contributed by atoms with Crippen molar-refractivity contribution in [2.45, 2.75) is 58.2 Å². The first-order valence-corrected chi connectivity index (χ1v) is 8.50. The molecule has 1 atom stereocenters. The van der Waals surface area contributed by atoms with Gasteiger partial charge in [0.2, 0.25) is 0 Å². The molecule has 1 N–H and O–H groups in total. The molecular weight excluding hydrogens is 240 g/mol. The molecule has 1 heterocycles. The third kappa shape index (κ3) is 7.65. The van der Waals surface area contributed by atoms with E-state index in [9.17, 15) is 0 Å². The molecule has 1 saturated heterocycles. The molecule has 0 bridgehead atoms. The average Bonchev–Trinajstić information content (AvgIpc) is 2.26. The summed E-state index contributed by atoms with van der Waals surface area (Å²) in [6, 6.07) is 0.